The molecule has 2 heterocycles. The standard InChI is InChI=1S/C14H20N4OS/c1-10(7-11-5-4-6-20-11)18(2)14-8-12(15)16-13(17-14)9-19-3/h4-6,8,10H,7,9H2,1-3H3,(H2,15,16,17). The molecule has 0 saturated carbocycles. The summed E-state index contributed by atoms with van der Waals surface area (Å²) in [7, 11) is 3.64. The summed E-state index contributed by atoms with van der Waals surface area (Å²) in [5.41, 5.74) is 5.83. The van der Waals surface area contributed by atoms with Gasteiger partial charge in [-0.25, -0.2) is 9.97 Å². The third-order valence-corrected chi connectivity index (χ3v) is 4.05. The molecule has 0 spiro atoms. The maximum atomic E-state index is 5.83. The molecule has 1 unspecified atom stereocenters. The number of ether oxygens (including phenoxy) is 1. The lowest BCUT2D eigenvalue weighted by Gasteiger charge is -2.26. The Morgan fingerprint density at radius 2 is 2.25 bits per heavy atom. The molecule has 108 valence electrons. The molecule has 0 aliphatic rings. The molecule has 0 aliphatic carbocycles. The average Bonchev–Trinajstić information content (AvgIpc) is 2.90. The van der Waals surface area contributed by atoms with Crippen molar-refractivity contribution in [1.82, 2.24) is 9.97 Å². The fraction of sp³-hybridized carbons (Fsp3) is 0.429. The van der Waals surface area contributed by atoms with Crippen LogP contribution in [0, 0.1) is 0 Å². The van der Waals surface area contributed by atoms with Crippen molar-refractivity contribution < 1.29 is 4.74 Å². The minimum absolute atomic E-state index is 0.332. The van der Waals surface area contributed by atoms with Gasteiger partial charge >= 0.3 is 0 Å². The first-order valence-electron chi connectivity index (χ1n) is 6.47. The van der Waals surface area contributed by atoms with Gasteiger partial charge in [-0.15, -0.1) is 11.3 Å². The van der Waals surface area contributed by atoms with Crippen LogP contribution in [0.25, 0.3) is 0 Å². The second-order valence-corrected chi connectivity index (χ2v) is 5.78. The summed E-state index contributed by atoms with van der Waals surface area (Å²) in [4.78, 5) is 12.1. The molecule has 0 amide bonds. The number of nitrogens with zero attached hydrogens (tertiary/aromatic N) is 3. The SMILES string of the molecule is COCc1nc(N)cc(N(C)C(C)Cc2cccs2)n1. The van der Waals surface area contributed by atoms with Crippen LogP contribution in [0.2, 0.25) is 0 Å². The molecule has 0 radical (unpaired) electrons. The van der Waals surface area contributed by atoms with Crippen molar-refractivity contribution in [3.8, 4) is 0 Å². The Balaban J connectivity index is 2.13. The lowest BCUT2D eigenvalue weighted by atomic mass is 10.2. The topological polar surface area (TPSA) is 64.3 Å². The maximum Gasteiger partial charge on any atom is 0.158 e. The number of hydrogen-bond donors (Lipinski definition) is 1. The summed E-state index contributed by atoms with van der Waals surface area (Å²) in [5.74, 6) is 1.91. The molecule has 0 fully saturated rings. The molecule has 0 aliphatic heterocycles. The van der Waals surface area contributed by atoms with E-state index in [-0.39, 0.29) is 0 Å². The van der Waals surface area contributed by atoms with Gasteiger partial charge in [-0.3, -0.25) is 0 Å². The van der Waals surface area contributed by atoms with Crippen LogP contribution in [-0.4, -0.2) is 30.2 Å². The quantitative estimate of drug-likeness (QED) is 0.885. The fourth-order valence-corrected chi connectivity index (χ4v) is 2.79. The van der Waals surface area contributed by atoms with Gasteiger partial charge in [0, 0.05) is 37.6 Å². The Hall–Kier alpha value is -1.66. The number of nitrogens with two attached hydrogens (primary N) is 1. The first-order chi connectivity index (χ1) is 9.60. The van der Waals surface area contributed by atoms with Gasteiger partial charge in [-0.05, 0) is 18.4 Å². The van der Waals surface area contributed by atoms with E-state index in [1.54, 1.807) is 24.5 Å². The van der Waals surface area contributed by atoms with Crippen LogP contribution in [0.15, 0.2) is 23.6 Å². The number of thiophene rings is 1. The highest BCUT2D eigenvalue weighted by Gasteiger charge is 2.14. The number of likely N-dealkylation sites (N-methyl/N-ethyl adjacent to an activating group) is 1. The van der Waals surface area contributed by atoms with Gasteiger partial charge in [0.05, 0.1) is 0 Å². The van der Waals surface area contributed by atoms with Crippen LogP contribution in [0.4, 0.5) is 11.6 Å². The number of nitrogen functional groups attached to an aromatic ring is 1. The second-order valence-electron chi connectivity index (χ2n) is 4.74. The van der Waals surface area contributed by atoms with Crippen LogP contribution in [0.3, 0.4) is 0 Å². The third-order valence-electron chi connectivity index (χ3n) is 3.15. The maximum absolute atomic E-state index is 5.83. The molecule has 2 rings (SSSR count). The Bertz CT molecular complexity index is 544. The minimum Gasteiger partial charge on any atom is -0.384 e. The van der Waals surface area contributed by atoms with Gasteiger partial charge in [-0.2, -0.15) is 0 Å². The minimum atomic E-state index is 0.332. The van der Waals surface area contributed by atoms with E-state index in [1.807, 2.05) is 7.05 Å². The van der Waals surface area contributed by atoms with Crippen LogP contribution >= 0.6 is 11.3 Å². The largest absolute Gasteiger partial charge is 0.384 e. The van der Waals surface area contributed by atoms with Crippen LogP contribution in [0.5, 0.6) is 0 Å². The van der Waals surface area contributed by atoms with Crippen LogP contribution < -0.4 is 10.6 Å². The van der Waals surface area contributed by atoms with E-state index in [0.29, 0.717) is 24.3 Å². The monoisotopic (exact) mass is 292 g/mol. The molecule has 1 atom stereocenters. The first-order valence-corrected chi connectivity index (χ1v) is 7.35. The van der Waals surface area contributed by atoms with Crippen LogP contribution in [0.1, 0.15) is 17.6 Å². The highest BCUT2D eigenvalue weighted by Crippen LogP contribution is 2.19. The van der Waals surface area contributed by atoms with E-state index in [1.165, 1.54) is 4.88 Å². The predicted octanol–water partition coefficient (Wildman–Crippen LogP) is 2.33. The summed E-state index contributed by atoms with van der Waals surface area (Å²) in [6.45, 7) is 2.54. The molecule has 2 N–H and O–H groups in total. The number of hydrogen-bond acceptors (Lipinski definition) is 6. The molecule has 2 aromatic heterocycles. The molecule has 0 aromatic carbocycles. The fourth-order valence-electron chi connectivity index (χ4n) is 1.96. The Labute approximate surface area is 123 Å². The van der Waals surface area contributed by atoms with E-state index < -0.39 is 0 Å². The van der Waals surface area contributed by atoms with Gasteiger partial charge in [0.2, 0.25) is 0 Å². The van der Waals surface area contributed by atoms with Gasteiger partial charge in [-0.1, -0.05) is 6.07 Å². The van der Waals surface area contributed by atoms with Gasteiger partial charge < -0.3 is 15.4 Å². The van der Waals surface area contributed by atoms with Crippen molar-refractivity contribution in [3.05, 3.63) is 34.3 Å². The molecule has 5 nitrogen and oxygen atoms in total. The van der Waals surface area contributed by atoms with E-state index >= 15 is 0 Å². The lowest BCUT2D eigenvalue weighted by Crippen LogP contribution is -2.31. The molecule has 6 heteroatoms. The Morgan fingerprint density at radius 3 is 2.90 bits per heavy atom. The van der Waals surface area contributed by atoms with E-state index in [0.717, 1.165) is 12.2 Å². The lowest BCUT2D eigenvalue weighted by molar-refractivity contribution is 0.178. The van der Waals surface area contributed by atoms with Gasteiger partial charge in [0.1, 0.15) is 18.2 Å². The Kier molecular flexibility index (Phi) is 4.92. The predicted molar refractivity (Wildman–Crippen MR) is 83.0 cm³/mol. The van der Waals surface area contributed by atoms with Crippen molar-refractivity contribution in [2.24, 2.45) is 0 Å². The van der Waals surface area contributed by atoms with E-state index in [2.05, 4.69) is 39.3 Å². The highest BCUT2D eigenvalue weighted by molar-refractivity contribution is 7.09. The number of anilines is 2. The second kappa shape index (κ2) is 6.67. The molecule has 0 saturated heterocycles. The summed E-state index contributed by atoms with van der Waals surface area (Å²) in [5, 5.41) is 2.10. The zero-order valence-corrected chi connectivity index (χ0v) is 12.9. The van der Waals surface area contributed by atoms with Crippen LogP contribution in [-0.2, 0) is 17.8 Å². The van der Waals surface area contributed by atoms with Crippen molar-refractivity contribution in [2.45, 2.75) is 26.0 Å². The number of methoxy groups -OCH3 is 1. The highest BCUT2D eigenvalue weighted by atomic mass is 32.1. The molecule has 0 bridgehead atoms. The first kappa shape index (κ1) is 14.7. The van der Waals surface area contributed by atoms with E-state index in [4.69, 9.17) is 10.5 Å². The molecule has 2 aromatic rings. The van der Waals surface area contributed by atoms with Crippen molar-refractivity contribution in [2.75, 3.05) is 24.8 Å². The summed E-state index contributed by atoms with van der Waals surface area (Å²) in [6.07, 6.45) is 0.984. The zero-order chi connectivity index (χ0) is 14.5. The number of rotatable bonds is 6. The van der Waals surface area contributed by atoms with Crippen molar-refractivity contribution >= 4 is 23.0 Å². The zero-order valence-electron chi connectivity index (χ0n) is 12.0. The average molecular weight is 292 g/mol. The smallest absolute Gasteiger partial charge is 0.158 e. The molecular weight excluding hydrogens is 272 g/mol. The summed E-state index contributed by atoms with van der Waals surface area (Å²) < 4.78 is 5.07. The van der Waals surface area contributed by atoms with Crippen molar-refractivity contribution in [1.29, 1.82) is 0 Å². The molecule has 20 heavy (non-hydrogen) atoms. The summed E-state index contributed by atoms with van der Waals surface area (Å²) in [6, 6.07) is 6.36. The molecular formula is C14H20N4OS. The van der Waals surface area contributed by atoms with Crippen molar-refractivity contribution in [3.63, 3.8) is 0 Å². The summed E-state index contributed by atoms with van der Waals surface area (Å²) >= 11 is 1.77. The van der Waals surface area contributed by atoms with E-state index in [9.17, 15) is 0 Å². The normalized spacial score (nSPS) is 12.3. The number of aromatic nitrogens is 2. The Morgan fingerprint density at radius 1 is 1.45 bits per heavy atom. The third kappa shape index (κ3) is 3.68. The van der Waals surface area contributed by atoms with Gasteiger partial charge in [0.25, 0.3) is 0 Å². The van der Waals surface area contributed by atoms with Gasteiger partial charge in [0.15, 0.2) is 5.82 Å².